The minimum absolute atomic E-state index is 0.208. The second-order valence-corrected chi connectivity index (χ2v) is 7.19. The molecule has 1 aromatic carbocycles. The molecule has 6 nitrogen and oxygen atoms in total. The molecule has 0 spiro atoms. The van der Waals surface area contributed by atoms with Gasteiger partial charge in [0.1, 0.15) is 17.8 Å². The maximum Gasteiger partial charge on any atom is 0.207 e. The highest BCUT2D eigenvalue weighted by Gasteiger charge is 2.24. The Morgan fingerprint density at radius 3 is 2.73 bits per heavy atom. The van der Waals surface area contributed by atoms with Gasteiger partial charge in [-0.1, -0.05) is 0 Å². The second kappa shape index (κ2) is 7.17. The Hall–Kier alpha value is -3.33. The van der Waals surface area contributed by atoms with Gasteiger partial charge in [-0.15, -0.1) is 0 Å². The molecule has 0 bridgehead atoms. The number of hydrogen-bond donors (Lipinski definition) is 1. The van der Waals surface area contributed by atoms with Gasteiger partial charge in [-0.2, -0.15) is 9.49 Å². The number of fused-ring (bicyclic) bond motifs is 1. The summed E-state index contributed by atoms with van der Waals surface area (Å²) in [7, 11) is 0. The van der Waals surface area contributed by atoms with E-state index in [0.717, 1.165) is 35.8 Å². The van der Waals surface area contributed by atoms with E-state index in [9.17, 15) is 8.78 Å². The van der Waals surface area contributed by atoms with Crippen LogP contribution in [-0.2, 0) is 4.74 Å². The predicted octanol–water partition coefficient (Wildman–Crippen LogP) is 4.56. The van der Waals surface area contributed by atoms with Gasteiger partial charge in [0.05, 0.1) is 22.5 Å². The Morgan fingerprint density at radius 1 is 1.07 bits per heavy atom. The fourth-order valence-corrected chi connectivity index (χ4v) is 3.88. The Kier molecular flexibility index (Phi) is 4.47. The third-order valence-corrected chi connectivity index (χ3v) is 5.38. The normalized spacial score (nSPS) is 17.0. The highest BCUT2D eigenvalue weighted by molar-refractivity contribution is 5.78. The molecule has 1 saturated heterocycles. The standard InChI is InChI=1S/C21H18F3N5O/c22-13-5-6-14(25)19(23)18(13)12-4-7-15-20(26-11-28(15)21(12)24)16-8-9-27-29(16)17-3-1-2-10-30-17/h4-9,11,17H,1-3,10,25H2. The van der Waals surface area contributed by atoms with Crippen LogP contribution in [-0.4, -0.2) is 25.8 Å². The van der Waals surface area contributed by atoms with Crippen LogP contribution >= 0.6 is 0 Å². The summed E-state index contributed by atoms with van der Waals surface area (Å²) in [5.74, 6) is -2.73. The van der Waals surface area contributed by atoms with Crippen molar-refractivity contribution in [3.8, 4) is 22.5 Å². The van der Waals surface area contributed by atoms with Gasteiger partial charge in [0.25, 0.3) is 0 Å². The molecule has 1 aliphatic rings. The minimum atomic E-state index is -0.999. The molecule has 4 aromatic rings. The maximum absolute atomic E-state index is 15.3. The van der Waals surface area contributed by atoms with Crippen LogP contribution < -0.4 is 5.73 Å². The zero-order chi connectivity index (χ0) is 20.8. The first-order valence-corrected chi connectivity index (χ1v) is 9.61. The van der Waals surface area contributed by atoms with Crippen LogP contribution in [0.15, 0.2) is 42.9 Å². The average Bonchev–Trinajstić information content (AvgIpc) is 3.40. The van der Waals surface area contributed by atoms with E-state index in [4.69, 9.17) is 10.5 Å². The van der Waals surface area contributed by atoms with E-state index in [1.807, 2.05) is 0 Å². The molecule has 154 valence electrons. The van der Waals surface area contributed by atoms with Gasteiger partial charge < -0.3 is 10.5 Å². The molecule has 0 amide bonds. The van der Waals surface area contributed by atoms with E-state index in [-0.39, 0.29) is 17.5 Å². The summed E-state index contributed by atoms with van der Waals surface area (Å²) in [6.45, 7) is 0.656. The third kappa shape index (κ3) is 2.85. The van der Waals surface area contributed by atoms with Crippen LogP contribution in [0.3, 0.4) is 0 Å². The van der Waals surface area contributed by atoms with Gasteiger partial charge in [0.15, 0.2) is 12.0 Å². The number of nitrogens with zero attached hydrogens (tertiary/aromatic N) is 4. The van der Waals surface area contributed by atoms with E-state index in [0.29, 0.717) is 23.5 Å². The van der Waals surface area contributed by atoms with Crippen molar-refractivity contribution in [1.29, 1.82) is 0 Å². The van der Waals surface area contributed by atoms with Crippen molar-refractivity contribution < 1.29 is 17.9 Å². The fourth-order valence-electron chi connectivity index (χ4n) is 3.88. The Bertz CT molecular complexity index is 1240. The van der Waals surface area contributed by atoms with Crippen LogP contribution in [0.25, 0.3) is 28.0 Å². The number of nitrogens with two attached hydrogens (primary N) is 1. The number of benzene rings is 1. The number of imidazole rings is 1. The zero-order valence-corrected chi connectivity index (χ0v) is 15.9. The van der Waals surface area contributed by atoms with E-state index in [2.05, 4.69) is 10.1 Å². The van der Waals surface area contributed by atoms with Gasteiger partial charge in [0, 0.05) is 18.4 Å². The lowest BCUT2D eigenvalue weighted by Crippen LogP contribution is -2.19. The van der Waals surface area contributed by atoms with Crippen LogP contribution in [0, 0.1) is 17.6 Å². The number of anilines is 1. The molecule has 9 heteroatoms. The molecule has 0 saturated carbocycles. The first-order valence-electron chi connectivity index (χ1n) is 9.61. The SMILES string of the molecule is Nc1ccc(F)c(-c2ccc3c(-c4ccnn4C4CCCCO4)ncn3c2F)c1F. The van der Waals surface area contributed by atoms with Crippen LogP contribution in [0.4, 0.5) is 18.9 Å². The van der Waals surface area contributed by atoms with Gasteiger partial charge in [0.2, 0.25) is 5.95 Å². The summed E-state index contributed by atoms with van der Waals surface area (Å²) < 4.78 is 52.7. The molecule has 0 aliphatic carbocycles. The zero-order valence-electron chi connectivity index (χ0n) is 15.9. The molecule has 1 fully saturated rings. The van der Waals surface area contributed by atoms with Gasteiger partial charge >= 0.3 is 0 Å². The van der Waals surface area contributed by atoms with Gasteiger partial charge in [-0.3, -0.25) is 4.40 Å². The largest absolute Gasteiger partial charge is 0.396 e. The number of halogens is 3. The van der Waals surface area contributed by atoms with E-state index in [1.54, 1.807) is 23.0 Å². The predicted molar refractivity (Wildman–Crippen MR) is 105 cm³/mol. The minimum Gasteiger partial charge on any atom is -0.396 e. The fraction of sp³-hybridized carbons (Fsp3) is 0.238. The van der Waals surface area contributed by atoms with E-state index < -0.39 is 23.1 Å². The van der Waals surface area contributed by atoms with Crippen molar-refractivity contribution >= 4 is 11.2 Å². The quantitative estimate of drug-likeness (QED) is 0.395. The number of aromatic nitrogens is 4. The molecule has 5 rings (SSSR count). The van der Waals surface area contributed by atoms with Crippen molar-refractivity contribution in [2.45, 2.75) is 25.5 Å². The molecule has 4 heterocycles. The Balaban J connectivity index is 1.63. The molecule has 1 atom stereocenters. The molecule has 1 unspecified atom stereocenters. The Morgan fingerprint density at radius 2 is 1.93 bits per heavy atom. The number of hydrogen-bond acceptors (Lipinski definition) is 4. The van der Waals surface area contributed by atoms with Crippen LogP contribution in [0.2, 0.25) is 0 Å². The molecule has 30 heavy (non-hydrogen) atoms. The summed E-state index contributed by atoms with van der Waals surface area (Å²) in [5, 5.41) is 4.36. The van der Waals surface area contributed by atoms with Gasteiger partial charge in [-0.25, -0.2) is 18.4 Å². The number of nitrogen functional groups attached to an aromatic ring is 1. The third-order valence-electron chi connectivity index (χ3n) is 5.38. The lowest BCUT2D eigenvalue weighted by molar-refractivity contribution is -0.0383. The first-order chi connectivity index (χ1) is 14.6. The highest BCUT2D eigenvalue weighted by atomic mass is 19.1. The summed E-state index contributed by atoms with van der Waals surface area (Å²) >= 11 is 0. The molecular weight excluding hydrogens is 395 g/mol. The maximum atomic E-state index is 15.3. The van der Waals surface area contributed by atoms with Crippen molar-refractivity contribution in [2.24, 2.45) is 0 Å². The smallest absolute Gasteiger partial charge is 0.207 e. The number of pyridine rings is 1. The topological polar surface area (TPSA) is 70.4 Å². The van der Waals surface area contributed by atoms with Crippen LogP contribution in [0.5, 0.6) is 0 Å². The lowest BCUT2D eigenvalue weighted by atomic mass is 10.0. The van der Waals surface area contributed by atoms with Crippen molar-refractivity contribution in [2.75, 3.05) is 12.3 Å². The molecular formula is C21H18F3N5O. The molecule has 1 aliphatic heterocycles. The summed E-state index contributed by atoms with van der Waals surface area (Å²) in [6.07, 6.45) is 5.58. The van der Waals surface area contributed by atoms with E-state index in [1.165, 1.54) is 12.4 Å². The summed E-state index contributed by atoms with van der Waals surface area (Å²) in [6, 6.07) is 6.80. The Labute approximate surface area is 169 Å². The summed E-state index contributed by atoms with van der Waals surface area (Å²) in [4.78, 5) is 4.35. The lowest BCUT2D eigenvalue weighted by Gasteiger charge is -2.24. The molecule has 3 aromatic heterocycles. The number of ether oxygens (including phenoxy) is 1. The molecule has 0 radical (unpaired) electrons. The van der Waals surface area contributed by atoms with Crippen molar-refractivity contribution in [1.82, 2.24) is 19.2 Å². The van der Waals surface area contributed by atoms with E-state index >= 15 is 4.39 Å². The monoisotopic (exact) mass is 413 g/mol. The molecule has 2 N–H and O–H groups in total. The average molecular weight is 413 g/mol. The first kappa shape index (κ1) is 18.7. The second-order valence-electron chi connectivity index (χ2n) is 7.19. The van der Waals surface area contributed by atoms with Crippen LogP contribution in [0.1, 0.15) is 25.5 Å². The van der Waals surface area contributed by atoms with Crippen molar-refractivity contribution in [3.63, 3.8) is 0 Å². The summed E-state index contributed by atoms with van der Waals surface area (Å²) in [5.41, 5.74) is 6.16. The van der Waals surface area contributed by atoms with Crippen molar-refractivity contribution in [3.05, 3.63) is 60.4 Å². The highest BCUT2D eigenvalue weighted by Crippen LogP contribution is 2.34. The van der Waals surface area contributed by atoms with Gasteiger partial charge in [-0.05, 0) is 49.6 Å². The number of rotatable bonds is 3.